The molecule has 6 rings (SSSR count). The van der Waals surface area contributed by atoms with Crippen molar-refractivity contribution >= 4 is 17.4 Å². The van der Waals surface area contributed by atoms with E-state index >= 15 is 0 Å². The lowest BCUT2D eigenvalue weighted by Crippen LogP contribution is -2.26. The van der Waals surface area contributed by atoms with E-state index in [0.717, 1.165) is 43.6 Å². The van der Waals surface area contributed by atoms with Gasteiger partial charge >= 0.3 is 0 Å². The van der Waals surface area contributed by atoms with Gasteiger partial charge in [0.2, 0.25) is 0 Å². The molecule has 0 bridgehead atoms. The Labute approximate surface area is 201 Å². The minimum atomic E-state index is -0.365. The predicted molar refractivity (Wildman–Crippen MR) is 125 cm³/mol. The van der Waals surface area contributed by atoms with Crippen molar-refractivity contribution in [3.63, 3.8) is 0 Å². The van der Waals surface area contributed by atoms with Crippen LogP contribution in [-0.2, 0) is 9.47 Å². The summed E-state index contributed by atoms with van der Waals surface area (Å²) in [6.45, 7) is 4.99. The van der Waals surface area contributed by atoms with Crippen molar-refractivity contribution in [2.75, 3.05) is 24.7 Å². The van der Waals surface area contributed by atoms with Crippen LogP contribution in [-0.4, -0.2) is 52.4 Å². The van der Waals surface area contributed by atoms with Crippen LogP contribution in [0.3, 0.4) is 0 Å². The number of hydrogen-bond acceptors (Lipinski definition) is 7. The lowest BCUT2D eigenvalue weighted by Gasteiger charge is -2.26. The number of carbonyl (C=O) groups excluding carboxylic acids is 1. The van der Waals surface area contributed by atoms with Crippen molar-refractivity contribution in [2.24, 2.45) is 0 Å². The summed E-state index contributed by atoms with van der Waals surface area (Å²) < 4.78 is 32.6. The molecule has 1 aliphatic carbocycles. The van der Waals surface area contributed by atoms with Crippen LogP contribution in [0.4, 0.5) is 10.2 Å². The highest BCUT2D eigenvalue weighted by Crippen LogP contribution is 2.37. The molecule has 1 amide bonds. The lowest BCUT2D eigenvalue weighted by molar-refractivity contribution is 0.0952. The first-order chi connectivity index (χ1) is 17.0. The van der Waals surface area contributed by atoms with Gasteiger partial charge in [-0.15, -0.1) is 0 Å². The van der Waals surface area contributed by atoms with Crippen LogP contribution >= 0.6 is 0 Å². The number of aromatic nitrogens is 3. The molecule has 1 N–H and O–H groups in total. The average Bonchev–Trinajstić information content (AvgIpc) is 3.23. The Bertz CT molecular complexity index is 1290. The molecule has 35 heavy (non-hydrogen) atoms. The minimum absolute atomic E-state index is 0.0690. The molecular formula is C25H26FN5O4. The van der Waals surface area contributed by atoms with E-state index in [4.69, 9.17) is 19.2 Å². The summed E-state index contributed by atoms with van der Waals surface area (Å²) in [5, 5.41) is 7.27. The van der Waals surface area contributed by atoms with E-state index in [1.807, 2.05) is 12.1 Å². The number of amides is 1. The molecule has 3 aromatic rings. The van der Waals surface area contributed by atoms with Gasteiger partial charge in [-0.1, -0.05) is 0 Å². The van der Waals surface area contributed by atoms with Crippen LogP contribution in [0.2, 0.25) is 0 Å². The third-order valence-corrected chi connectivity index (χ3v) is 6.50. The fraction of sp³-hybridized carbons (Fsp3) is 0.400. The number of halogens is 1. The fourth-order valence-electron chi connectivity index (χ4n) is 4.63. The number of hydrogen-bond donors (Lipinski definition) is 1. The fourth-order valence-corrected chi connectivity index (χ4v) is 4.63. The second-order valence-electron chi connectivity index (χ2n) is 9.17. The maximum atomic E-state index is 14.6. The highest BCUT2D eigenvalue weighted by atomic mass is 19.1. The number of ether oxygens (including phenoxy) is 3. The van der Waals surface area contributed by atoms with Crippen molar-refractivity contribution in [3.05, 3.63) is 66.1 Å². The number of carbonyl (C=O) groups is 1. The molecule has 182 valence electrons. The molecule has 9 nitrogen and oxygen atoms in total. The van der Waals surface area contributed by atoms with E-state index < -0.39 is 0 Å². The molecule has 2 atom stereocenters. The first-order valence-corrected chi connectivity index (χ1v) is 11.9. The summed E-state index contributed by atoms with van der Waals surface area (Å²) in [7, 11) is 0. The van der Waals surface area contributed by atoms with Crippen LogP contribution in [0.1, 0.15) is 47.6 Å². The third kappa shape index (κ3) is 4.48. The first kappa shape index (κ1) is 21.7. The molecule has 2 aliphatic heterocycles. The van der Waals surface area contributed by atoms with Gasteiger partial charge in [-0.25, -0.2) is 13.9 Å². The van der Waals surface area contributed by atoms with Gasteiger partial charge in [0.15, 0.2) is 11.8 Å². The zero-order valence-electron chi connectivity index (χ0n) is 19.2. The monoisotopic (exact) mass is 479 g/mol. The van der Waals surface area contributed by atoms with Gasteiger partial charge in [0.1, 0.15) is 36.2 Å². The van der Waals surface area contributed by atoms with Gasteiger partial charge in [-0.3, -0.25) is 4.79 Å². The van der Waals surface area contributed by atoms with Crippen LogP contribution in [0.5, 0.6) is 5.75 Å². The van der Waals surface area contributed by atoms with Crippen LogP contribution in [0.25, 0.3) is 5.65 Å². The Morgan fingerprint density at radius 1 is 1.29 bits per heavy atom. The molecule has 3 aliphatic rings. The molecule has 10 heteroatoms. The molecule has 2 aromatic heterocycles. The maximum Gasteiger partial charge on any atom is 0.272 e. The Morgan fingerprint density at radius 2 is 2.17 bits per heavy atom. The van der Waals surface area contributed by atoms with Gasteiger partial charge < -0.3 is 24.4 Å². The van der Waals surface area contributed by atoms with Crippen LogP contribution in [0, 0.1) is 5.82 Å². The Balaban J connectivity index is 1.24. The van der Waals surface area contributed by atoms with Gasteiger partial charge in [0.25, 0.3) is 11.9 Å². The molecular weight excluding hydrogens is 453 g/mol. The Kier molecular flexibility index (Phi) is 5.43. The van der Waals surface area contributed by atoms with Crippen molar-refractivity contribution in [3.8, 4) is 5.75 Å². The Morgan fingerprint density at radius 3 is 2.97 bits per heavy atom. The van der Waals surface area contributed by atoms with Crippen molar-refractivity contribution < 1.29 is 23.4 Å². The van der Waals surface area contributed by atoms with E-state index in [0.29, 0.717) is 23.6 Å². The summed E-state index contributed by atoms with van der Waals surface area (Å²) in [4.78, 5) is 19.6. The highest BCUT2D eigenvalue weighted by Gasteiger charge is 2.30. The first-order valence-electron chi connectivity index (χ1n) is 11.9. The Hall–Kier alpha value is -3.82. The molecule has 2 saturated heterocycles. The molecule has 1 aromatic carbocycles. The van der Waals surface area contributed by atoms with Crippen molar-refractivity contribution in [1.29, 1.82) is 0 Å². The lowest BCUT2D eigenvalue weighted by atomic mass is 10.0. The smallest absolute Gasteiger partial charge is 0.272 e. The van der Waals surface area contributed by atoms with Crippen molar-refractivity contribution in [1.82, 2.24) is 19.9 Å². The van der Waals surface area contributed by atoms with E-state index in [2.05, 4.69) is 21.9 Å². The number of fused-ring (bicyclic) bond motifs is 1. The summed E-state index contributed by atoms with van der Waals surface area (Å²) in [6.07, 6.45) is 6.89. The number of rotatable bonds is 7. The molecule has 3 fully saturated rings. The molecule has 4 heterocycles. The van der Waals surface area contributed by atoms with Gasteiger partial charge in [-0.2, -0.15) is 5.10 Å². The van der Waals surface area contributed by atoms with E-state index in [9.17, 15) is 9.18 Å². The number of nitrogens with one attached hydrogen (secondary N) is 1. The second kappa shape index (κ2) is 8.75. The normalized spacial score (nSPS) is 21.7. The molecule has 0 radical (unpaired) electrons. The van der Waals surface area contributed by atoms with Gasteiger partial charge in [0, 0.05) is 24.8 Å². The molecule has 0 spiro atoms. The van der Waals surface area contributed by atoms with Gasteiger partial charge in [-0.05, 0) is 56.0 Å². The standard InChI is InChI=1S/C25H26FN5O4/c1-15-33-13-20(35-15)14-34-19-10-16(9-17(26)11-19)22-3-2-7-30(22)23-6-8-31-24(29-23)21(12-27-31)25(32)28-18-4-5-18/h6,8-12,18,20,22H,1-5,7,13-14H2,(H,28,32)/t20?,22-/m1/s1. The SMILES string of the molecule is C=C1OCC(COc2cc(F)cc([C@H]3CCCN3c3ccn4ncc(C(=O)NC5CC5)c4n3)c2)O1. The number of nitrogens with zero attached hydrogens (tertiary/aromatic N) is 4. The summed E-state index contributed by atoms with van der Waals surface area (Å²) >= 11 is 0. The molecule has 1 saturated carbocycles. The molecule has 1 unspecified atom stereocenters. The summed E-state index contributed by atoms with van der Waals surface area (Å²) in [5.41, 5.74) is 1.78. The van der Waals surface area contributed by atoms with E-state index in [-0.39, 0.29) is 42.5 Å². The quantitative estimate of drug-likeness (QED) is 0.556. The van der Waals surface area contributed by atoms with Crippen LogP contribution in [0.15, 0.2) is 49.2 Å². The van der Waals surface area contributed by atoms with Crippen LogP contribution < -0.4 is 15.0 Å². The van der Waals surface area contributed by atoms with E-state index in [1.165, 1.54) is 6.07 Å². The van der Waals surface area contributed by atoms with E-state index in [1.54, 1.807) is 23.0 Å². The third-order valence-electron chi connectivity index (χ3n) is 6.50. The highest BCUT2D eigenvalue weighted by molar-refractivity contribution is 6.00. The number of anilines is 1. The zero-order chi connectivity index (χ0) is 23.9. The average molecular weight is 480 g/mol. The topological polar surface area (TPSA) is 90.2 Å². The largest absolute Gasteiger partial charge is 0.489 e. The van der Waals surface area contributed by atoms with Crippen molar-refractivity contribution in [2.45, 2.75) is 43.9 Å². The predicted octanol–water partition coefficient (Wildman–Crippen LogP) is 3.37. The second-order valence-corrected chi connectivity index (χ2v) is 9.17. The van der Waals surface area contributed by atoms with Gasteiger partial charge in [0.05, 0.1) is 12.2 Å². The maximum absolute atomic E-state index is 14.6. The zero-order valence-corrected chi connectivity index (χ0v) is 19.2. The minimum Gasteiger partial charge on any atom is -0.489 e. The summed E-state index contributed by atoms with van der Waals surface area (Å²) in [5.74, 6) is 0.915. The number of benzene rings is 1. The summed E-state index contributed by atoms with van der Waals surface area (Å²) in [6, 6.07) is 6.83.